The lowest BCUT2D eigenvalue weighted by atomic mass is 9.87. The molecule has 1 N–H and O–H groups in total. The van der Waals surface area contributed by atoms with E-state index < -0.39 is 0 Å². The zero-order valence-corrected chi connectivity index (χ0v) is 14.2. The summed E-state index contributed by atoms with van der Waals surface area (Å²) in [5.41, 5.74) is 2.37. The van der Waals surface area contributed by atoms with E-state index in [4.69, 9.17) is 4.98 Å². The molecule has 0 saturated carbocycles. The van der Waals surface area contributed by atoms with Gasteiger partial charge in [0.25, 0.3) is 0 Å². The summed E-state index contributed by atoms with van der Waals surface area (Å²) >= 11 is 1.79. The van der Waals surface area contributed by atoms with Crippen LogP contribution in [0.5, 0.6) is 0 Å². The summed E-state index contributed by atoms with van der Waals surface area (Å²) in [4.78, 5) is 18.6. The summed E-state index contributed by atoms with van der Waals surface area (Å²) < 4.78 is 2.28. The number of carbonyl (C=O) groups is 1. The normalized spacial score (nSPS) is 19.9. The molecule has 0 radical (unpaired) electrons. The van der Waals surface area contributed by atoms with Crippen LogP contribution in [0.1, 0.15) is 53.6 Å². The molecule has 0 saturated heterocycles. The smallest absolute Gasteiger partial charge is 0.227 e. The minimum absolute atomic E-state index is 0.0557. The average molecular weight is 329 g/mol. The van der Waals surface area contributed by atoms with Gasteiger partial charge in [0.05, 0.1) is 11.6 Å². The van der Waals surface area contributed by atoms with Gasteiger partial charge in [0.15, 0.2) is 0 Å². The second-order valence-electron chi connectivity index (χ2n) is 6.58. The van der Waals surface area contributed by atoms with Gasteiger partial charge in [-0.3, -0.25) is 4.79 Å². The predicted octanol–water partition coefficient (Wildman–Crippen LogP) is 3.06. The van der Waals surface area contributed by atoms with Gasteiger partial charge in [-0.1, -0.05) is 0 Å². The van der Waals surface area contributed by atoms with Gasteiger partial charge < -0.3 is 9.88 Å². The van der Waals surface area contributed by atoms with Gasteiger partial charge in [0, 0.05) is 37.0 Å². The van der Waals surface area contributed by atoms with Gasteiger partial charge in [-0.05, 0) is 49.1 Å². The first-order chi connectivity index (χ1) is 11.3. The van der Waals surface area contributed by atoms with Crippen LogP contribution in [0.15, 0.2) is 17.6 Å². The maximum absolute atomic E-state index is 12.5. The van der Waals surface area contributed by atoms with Crippen molar-refractivity contribution in [3.63, 3.8) is 0 Å². The average Bonchev–Trinajstić information content (AvgIpc) is 3.20. The van der Waals surface area contributed by atoms with Crippen LogP contribution in [0, 0.1) is 0 Å². The highest BCUT2D eigenvalue weighted by Gasteiger charge is 2.27. The van der Waals surface area contributed by atoms with Crippen molar-refractivity contribution in [3.8, 4) is 0 Å². The summed E-state index contributed by atoms with van der Waals surface area (Å²) in [5.74, 6) is 1.46. The molecular formula is C18H23N3OS. The summed E-state index contributed by atoms with van der Waals surface area (Å²) in [7, 11) is 0. The molecule has 1 unspecified atom stereocenters. The van der Waals surface area contributed by atoms with E-state index in [0.717, 1.165) is 44.3 Å². The summed E-state index contributed by atoms with van der Waals surface area (Å²) in [6.07, 6.45) is 9.83. The number of thiophene rings is 1. The molecule has 5 heteroatoms. The molecule has 2 aliphatic rings. The molecule has 1 amide bonds. The third-order valence-electron chi connectivity index (χ3n) is 5.01. The number of hydrogen-bond donors (Lipinski definition) is 1. The molecule has 0 bridgehead atoms. The van der Waals surface area contributed by atoms with E-state index in [2.05, 4.69) is 27.5 Å². The van der Waals surface area contributed by atoms with Gasteiger partial charge in [-0.15, -0.1) is 11.3 Å². The number of hydrogen-bond acceptors (Lipinski definition) is 3. The SMILES string of the molecule is O=C(NCCc1cn2c(n1)CCCC2)C1CCCc2sccc21. The number of amides is 1. The number of aromatic nitrogens is 2. The van der Waals surface area contributed by atoms with Crippen molar-refractivity contribution in [1.29, 1.82) is 0 Å². The molecule has 1 aliphatic carbocycles. The molecule has 23 heavy (non-hydrogen) atoms. The predicted molar refractivity (Wildman–Crippen MR) is 91.9 cm³/mol. The molecule has 2 aromatic rings. The molecule has 1 aliphatic heterocycles. The molecule has 4 rings (SSSR count). The number of fused-ring (bicyclic) bond motifs is 2. The lowest BCUT2D eigenvalue weighted by Crippen LogP contribution is -2.32. The van der Waals surface area contributed by atoms with Crippen molar-refractivity contribution in [3.05, 3.63) is 39.6 Å². The van der Waals surface area contributed by atoms with E-state index >= 15 is 0 Å². The van der Waals surface area contributed by atoms with E-state index in [0.29, 0.717) is 6.54 Å². The lowest BCUT2D eigenvalue weighted by molar-refractivity contribution is -0.122. The Hall–Kier alpha value is -1.62. The van der Waals surface area contributed by atoms with Crippen molar-refractivity contribution in [2.45, 2.75) is 57.4 Å². The molecule has 1 atom stereocenters. The summed E-state index contributed by atoms with van der Waals surface area (Å²) in [5, 5.41) is 5.25. The number of imidazole rings is 1. The maximum Gasteiger partial charge on any atom is 0.227 e. The van der Waals surface area contributed by atoms with Crippen molar-refractivity contribution in [2.24, 2.45) is 0 Å². The first-order valence-electron chi connectivity index (χ1n) is 8.70. The summed E-state index contributed by atoms with van der Waals surface area (Å²) in [6.45, 7) is 1.78. The molecule has 0 spiro atoms. The Balaban J connectivity index is 1.33. The van der Waals surface area contributed by atoms with E-state index in [1.807, 2.05) is 0 Å². The molecular weight excluding hydrogens is 306 g/mol. The van der Waals surface area contributed by atoms with Crippen LogP contribution in [0.3, 0.4) is 0 Å². The van der Waals surface area contributed by atoms with Crippen LogP contribution in [0.25, 0.3) is 0 Å². The van der Waals surface area contributed by atoms with Gasteiger partial charge >= 0.3 is 0 Å². The first-order valence-corrected chi connectivity index (χ1v) is 9.58. The van der Waals surface area contributed by atoms with Crippen molar-refractivity contribution in [1.82, 2.24) is 14.9 Å². The zero-order chi connectivity index (χ0) is 15.6. The topological polar surface area (TPSA) is 46.9 Å². The van der Waals surface area contributed by atoms with Gasteiger partial charge in [-0.25, -0.2) is 4.98 Å². The standard InChI is InChI=1S/C18H23N3OS/c22-18(15-4-3-5-16-14(15)8-11-23-16)19-9-7-13-12-21-10-2-1-6-17(21)20-13/h8,11-12,15H,1-7,9-10H2,(H,19,22). The van der Waals surface area contributed by atoms with Gasteiger partial charge in [-0.2, -0.15) is 0 Å². The number of aryl methyl sites for hydroxylation is 3. The van der Waals surface area contributed by atoms with Crippen molar-refractivity contribution >= 4 is 17.2 Å². The maximum atomic E-state index is 12.5. The fraction of sp³-hybridized carbons (Fsp3) is 0.556. The Morgan fingerprint density at radius 1 is 1.35 bits per heavy atom. The first kappa shape index (κ1) is 14.9. The highest BCUT2D eigenvalue weighted by molar-refractivity contribution is 7.10. The van der Waals surface area contributed by atoms with Crippen molar-refractivity contribution in [2.75, 3.05) is 6.54 Å². The Bertz CT molecular complexity index is 679. The van der Waals surface area contributed by atoms with E-state index in [9.17, 15) is 4.79 Å². The second kappa shape index (κ2) is 6.48. The zero-order valence-electron chi connectivity index (χ0n) is 13.4. The summed E-state index contributed by atoms with van der Waals surface area (Å²) in [6, 6.07) is 2.13. The van der Waals surface area contributed by atoms with E-state index in [1.54, 1.807) is 11.3 Å². The minimum Gasteiger partial charge on any atom is -0.355 e. The van der Waals surface area contributed by atoms with Crippen LogP contribution >= 0.6 is 11.3 Å². The van der Waals surface area contributed by atoms with Gasteiger partial charge in [0.1, 0.15) is 5.82 Å². The number of carbonyl (C=O) groups excluding carboxylic acids is 1. The van der Waals surface area contributed by atoms with E-state index in [-0.39, 0.29) is 11.8 Å². The third-order valence-corrected chi connectivity index (χ3v) is 6.00. The van der Waals surface area contributed by atoms with Crippen LogP contribution in [-0.4, -0.2) is 22.0 Å². The monoisotopic (exact) mass is 329 g/mol. The lowest BCUT2D eigenvalue weighted by Gasteiger charge is -2.21. The van der Waals surface area contributed by atoms with Crippen LogP contribution in [0.4, 0.5) is 0 Å². The van der Waals surface area contributed by atoms with Crippen molar-refractivity contribution < 1.29 is 4.79 Å². The van der Waals surface area contributed by atoms with Crippen LogP contribution in [0.2, 0.25) is 0 Å². The Kier molecular flexibility index (Phi) is 4.21. The minimum atomic E-state index is 0.0557. The third kappa shape index (κ3) is 3.07. The van der Waals surface area contributed by atoms with Gasteiger partial charge in [0.2, 0.25) is 5.91 Å². The molecule has 122 valence electrons. The molecule has 0 fully saturated rings. The highest BCUT2D eigenvalue weighted by Crippen LogP contribution is 2.34. The highest BCUT2D eigenvalue weighted by atomic mass is 32.1. The quantitative estimate of drug-likeness (QED) is 0.937. The largest absolute Gasteiger partial charge is 0.355 e. The molecule has 3 heterocycles. The Morgan fingerprint density at radius 2 is 2.30 bits per heavy atom. The number of nitrogens with zero attached hydrogens (tertiary/aromatic N) is 2. The fourth-order valence-corrected chi connectivity index (χ4v) is 4.78. The number of nitrogens with one attached hydrogen (secondary N) is 1. The van der Waals surface area contributed by atoms with Crippen LogP contribution in [-0.2, 0) is 30.6 Å². The second-order valence-corrected chi connectivity index (χ2v) is 7.58. The molecule has 2 aromatic heterocycles. The molecule has 4 nitrogen and oxygen atoms in total. The number of rotatable bonds is 4. The van der Waals surface area contributed by atoms with E-state index in [1.165, 1.54) is 29.1 Å². The molecule has 0 aromatic carbocycles. The fourth-order valence-electron chi connectivity index (χ4n) is 3.79. The Labute approximate surface area is 140 Å². The Morgan fingerprint density at radius 3 is 3.22 bits per heavy atom. The van der Waals surface area contributed by atoms with Crippen LogP contribution < -0.4 is 5.32 Å².